The van der Waals surface area contributed by atoms with E-state index in [1.54, 1.807) is 32.0 Å². The number of hydrogen-bond acceptors (Lipinski definition) is 2. The monoisotopic (exact) mass is 338 g/mol. The third-order valence-electron chi connectivity index (χ3n) is 2.78. The fourth-order valence-corrected chi connectivity index (χ4v) is 2.40. The van der Waals surface area contributed by atoms with Gasteiger partial charge in [-0.1, -0.05) is 6.07 Å². The van der Waals surface area contributed by atoms with E-state index in [4.69, 9.17) is 5.73 Å². The molecule has 0 spiro atoms. The summed E-state index contributed by atoms with van der Waals surface area (Å²) >= 11 is 3.33. The fourth-order valence-electron chi connectivity index (χ4n) is 1.78. The summed E-state index contributed by atoms with van der Waals surface area (Å²) in [4.78, 5) is 1.31. The number of nitrogens with zero attached hydrogens (tertiary/aromatic N) is 1. The summed E-state index contributed by atoms with van der Waals surface area (Å²) in [5.41, 5.74) is 7.16. The first-order chi connectivity index (χ1) is 8.61. The van der Waals surface area contributed by atoms with Crippen molar-refractivity contribution in [2.75, 3.05) is 11.4 Å². The van der Waals surface area contributed by atoms with Crippen LogP contribution in [0.2, 0.25) is 0 Å². The molecule has 19 heavy (non-hydrogen) atoms. The molecule has 1 aromatic rings. The topological polar surface area (TPSA) is 29.3 Å². The summed E-state index contributed by atoms with van der Waals surface area (Å²) in [6.45, 7) is 4.33. The van der Waals surface area contributed by atoms with E-state index in [2.05, 4.69) is 15.9 Å². The lowest BCUT2D eigenvalue weighted by Gasteiger charge is -2.31. The molecule has 0 unspecified atom stereocenters. The van der Waals surface area contributed by atoms with E-state index in [-0.39, 0.29) is 12.1 Å². The minimum Gasteiger partial charge on any atom is -0.359 e. The molecule has 0 fully saturated rings. The summed E-state index contributed by atoms with van der Waals surface area (Å²) in [5, 5.41) is 0. The van der Waals surface area contributed by atoms with E-state index in [0.717, 1.165) is 5.56 Å². The van der Waals surface area contributed by atoms with Crippen LogP contribution in [0.4, 0.5) is 18.9 Å². The third-order valence-corrected chi connectivity index (χ3v) is 3.42. The molecule has 0 saturated heterocycles. The highest BCUT2D eigenvalue weighted by atomic mass is 79.9. The lowest BCUT2D eigenvalue weighted by atomic mass is 10.1. The predicted molar refractivity (Wildman–Crippen MR) is 75.3 cm³/mol. The van der Waals surface area contributed by atoms with E-state index in [9.17, 15) is 13.2 Å². The van der Waals surface area contributed by atoms with E-state index in [1.165, 1.54) is 4.90 Å². The predicted octanol–water partition coefficient (Wildman–Crippen LogP) is 4.25. The molecule has 2 N–H and O–H groups in total. The van der Waals surface area contributed by atoms with Crippen molar-refractivity contribution in [2.45, 2.75) is 39.0 Å². The lowest BCUT2D eigenvalue weighted by Crippen LogP contribution is -2.39. The van der Waals surface area contributed by atoms with Gasteiger partial charge in [0, 0.05) is 16.6 Å². The Morgan fingerprint density at radius 3 is 2.21 bits per heavy atom. The maximum Gasteiger partial charge on any atom is 0.405 e. The van der Waals surface area contributed by atoms with Gasteiger partial charge in [-0.25, -0.2) is 0 Å². The summed E-state index contributed by atoms with van der Waals surface area (Å²) in [6, 6.07) is 4.80. The van der Waals surface area contributed by atoms with Gasteiger partial charge in [0.2, 0.25) is 0 Å². The second kappa shape index (κ2) is 6.13. The quantitative estimate of drug-likeness (QED) is 0.889. The van der Waals surface area contributed by atoms with Gasteiger partial charge in [-0.2, -0.15) is 13.2 Å². The Labute approximate surface area is 119 Å². The van der Waals surface area contributed by atoms with Crippen LogP contribution in [0.15, 0.2) is 22.7 Å². The van der Waals surface area contributed by atoms with Crippen molar-refractivity contribution >= 4 is 21.6 Å². The molecule has 0 aromatic heterocycles. The summed E-state index contributed by atoms with van der Waals surface area (Å²) in [6.07, 6.45) is -4.23. The Hall–Kier alpha value is -0.750. The van der Waals surface area contributed by atoms with Crippen LogP contribution in [-0.4, -0.2) is 18.8 Å². The van der Waals surface area contributed by atoms with Crippen molar-refractivity contribution in [1.29, 1.82) is 0 Å². The van der Waals surface area contributed by atoms with Crippen molar-refractivity contribution in [3.05, 3.63) is 28.2 Å². The minimum absolute atomic E-state index is 0.152. The molecule has 0 amide bonds. The molecule has 1 rings (SSSR count). The first-order valence-electron chi connectivity index (χ1n) is 6.00. The number of hydrogen-bond donors (Lipinski definition) is 1. The highest BCUT2D eigenvalue weighted by molar-refractivity contribution is 9.10. The Balaban J connectivity index is 3.10. The van der Waals surface area contributed by atoms with Crippen LogP contribution in [0.25, 0.3) is 0 Å². The van der Waals surface area contributed by atoms with Gasteiger partial charge >= 0.3 is 6.18 Å². The van der Waals surface area contributed by atoms with Crippen LogP contribution >= 0.6 is 15.9 Å². The molecule has 0 aliphatic rings. The maximum absolute atomic E-state index is 12.6. The smallest absolute Gasteiger partial charge is 0.359 e. The zero-order valence-electron chi connectivity index (χ0n) is 11.1. The molecule has 0 bridgehead atoms. The van der Waals surface area contributed by atoms with Crippen LogP contribution in [0, 0.1) is 0 Å². The second-order valence-corrected chi connectivity index (χ2v) is 5.69. The van der Waals surface area contributed by atoms with Crippen LogP contribution < -0.4 is 10.6 Å². The Kier molecular flexibility index (Phi) is 5.26. The van der Waals surface area contributed by atoms with Crippen LogP contribution in [0.5, 0.6) is 0 Å². The zero-order valence-corrected chi connectivity index (χ0v) is 12.7. The number of anilines is 1. The van der Waals surface area contributed by atoms with Crippen molar-refractivity contribution in [3.63, 3.8) is 0 Å². The van der Waals surface area contributed by atoms with E-state index >= 15 is 0 Å². The Morgan fingerprint density at radius 2 is 1.84 bits per heavy atom. The number of benzene rings is 1. The molecule has 1 aromatic carbocycles. The zero-order chi connectivity index (χ0) is 14.8. The SMILES string of the molecule is CC(C)N(CC(F)(F)F)c1ccc([C@@H](C)N)cc1Br. The molecule has 108 valence electrons. The molecule has 6 heteroatoms. The molecule has 2 nitrogen and oxygen atoms in total. The molecule has 0 heterocycles. The normalized spacial score (nSPS) is 13.7. The molecular weight excluding hydrogens is 321 g/mol. The van der Waals surface area contributed by atoms with Gasteiger partial charge < -0.3 is 10.6 Å². The first kappa shape index (κ1) is 16.3. The van der Waals surface area contributed by atoms with Gasteiger partial charge in [0.1, 0.15) is 6.54 Å². The van der Waals surface area contributed by atoms with Crippen molar-refractivity contribution in [2.24, 2.45) is 5.73 Å². The lowest BCUT2D eigenvalue weighted by molar-refractivity contribution is -0.120. The van der Waals surface area contributed by atoms with Gasteiger partial charge in [-0.05, 0) is 54.4 Å². The van der Waals surface area contributed by atoms with Crippen molar-refractivity contribution in [1.82, 2.24) is 0 Å². The van der Waals surface area contributed by atoms with Gasteiger partial charge in [0.15, 0.2) is 0 Å². The van der Waals surface area contributed by atoms with Crippen LogP contribution in [0.3, 0.4) is 0 Å². The molecule has 0 radical (unpaired) electrons. The standard InChI is InChI=1S/C13H18BrF3N2/c1-8(2)19(7-13(15,16)17)12-5-4-10(9(3)18)6-11(12)14/h4-6,8-9H,7,18H2,1-3H3/t9-/m1/s1. The van der Waals surface area contributed by atoms with E-state index in [1.807, 2.05) is 6.92 Å². The molecule has 0 saturated carbocycles. The molecular formula is C13H18BrF3N2. The average molecular weight is 339 g/mol. The third kappa shape index (κ3) is 4.69. The summed E-state index contributed by atoms with van der Waals surface area (Å²) in [7, 11) is 0. The van der Waals surface area contributed by atoms with Crippen LogP contribution in [0.1, 0.15) is 32.4 Å². The molecule has 0 aliphatic carbocycles. The van der Waals surface area contributed by atoms with Gasteiger partial charge in [-0.3, -0.25) is 0 Å². The molecule has 0 aliphatic heterocycles. The summed E-state index contributed by atoms with van der Waals surface area (Å²) in [5.74, 6) is 0. The van der Waals surface area contributed by atoms with Gasteiger partial charge in [-0.15, -0.1) is 0 Å². The summed E-state index contributed by atoms with van der Waals surface area (Å²) < 4.78 is 38.5. The molecule has 1 atom stereocenters. The number of nitrogens with two attached hydrogens (primary N) is 1. The highest BCUT2D eigenvalue weighted by Crippen LogP contribution is 2.32. The van der Waals surface area contributed by atoms with E-state index in [0.29, 0.717) is 10.2 Å². The minimum atomic E-state index is -4.23. The van der Waals surface area contributed by atoms with Gasteiger partial charge in [0.25, 0.3) is 0 Å². The van der Waals surface area contributed by atoms with E-state index < -0.39 is 12.7 Å². The Morgan fingerprint density at radius 1 is 1.26 bits per heavy atom. The average Bonchev–Trinajstić information content (AvgIpc) is 2.24. The maximum atomic E-state index is 12.6. The van der Waals surface area contributed by atoms with Crippen molar-refractivity contribution < 1.29 is 13.2 Å². The number of halogens is 4. The van der Waals surface area contributed by atoms with Crippen molar-refractivity contribution in [3.8, 4) is 0 Å². The number of alkyl halides is 3. The van der Waals surface area contributed by atoms with Crippen LogP contribution in [-0.2, 0) is 0 Å². The largest absolute Gasteiger partial charge is 0.405 e. The fraction of sp³-hybridized carbons (Fsp3) is 0.538. The second-order valence-electron chi connectivity index (χ2n) is 4.84. The van der Waals surface area contributed by atoms with Gasteiger partial charge in [0.05, 0.1) is 5.69 Å². The number of rotatable bonds is 4. The Bertz CT molecular complexity index is 430. The highest BCUT2D eigenvalue weighted by Gasteiger charge is 2.32. The first-order valence-corrected chi connectivity index (χ1v) is 6.79.